The Morgan fingerprint density at radius 1 is 1.00 bits per heavy atom. The standard InChI is InChI=1S/C34H40N2O5S/c1-39-32-20-24(4-5-26(32)22-35-13-16-40-17-14-35)19-31-30-11-8-28(38)21-33(30)42-34(31)25-6-9-29(10-7-25)41-18-15-36-12-2-3-27(36)23-37/h4-11,20-21,27,37-38H,2-3,12-19,22-23H2,1H3. The molecule has 0 aliphatic carbocycles. The summed E-state index contributed by atoms with van der Waals surface area (Å²) in [5.41, 5.74) is 4.76. The number of likely N-dealkylation sites (tertiary alicyclic amines) is 1. The number of phenolic OH excluding ortho intramolecular Hbond substituents is 1. The number of thiophene rings is 1. The van der Waals surface area contributed by atoms with Crippen LogP contribution in [0.5, 0.6) is 17.2 Å². The van der Waals surface area contributed by atoms with Gasteiger partial charge < -0.3 is 24.4 Å². The van der Waals surface area contributed by atoms with Crippen LogP contribution in [0.2, 0.25) is 0 Å². The first kappa shape index (κ1) is 29.0. The Balaban J connectivity index is 1.21. The summed E-state index contributed by atoms with van der Waals surface area (Å²) in [6, 6.07) is 20.8. The summed E-state index contributed by atoms with van der Waals surface area (Å²) in [6.45, 7) is 6.96. The molecule has 8 heteroatoms. The van der Waals surface area contributed by atoms with E-state index in [0.717, 1.165) is 92.3 Å². The maximum atomic E-state index is 10.2. The van der Waals surface area contributed by atoms with Crippen LogP contribution in [-0.2, 0) is 17.7 Å². The van der Waals surface area contributed by atoms with Gasteiger partial charge in [0.05, 0.1) is 26.9 Å². The first-order chi connectivity index (χ1) is 20.6. The Hall–Kier alpha value is -3.14. The zero-order chi connectivity index (χ0) is 28.9. The van der Waals surface area contributed by atoms with Crippen LogP contribution in [0, 0.1) is 0 Å². The first-order valence-electron chi connectivity index (χ1n) is 14.9. The number of morpholine rings is 1. The van der Waals surface area contributed by atoms with Crippen molar-refractivity contribution in [3.8, 4) is 27.7 Å². The van der Waals surface area contributed by atoms with E-state index in [9.17, 15) is 10.2 Å². The van der Waals surface area contributed by atoms with E-state index in [1.54, 1.807) is 24.5 Å². The molecule has 4 aromatic rings. The van der Waals surface area contributed by atoms with Crippen molar-refractivity contribution in [2.75, 3.05) is 59.7 Å². The van der Waals surface area contributed by atoms with Crippen molar-refractivity contribution < 1.29 is 24.4 Å². The minimum Gasteiger partial charge on any atom is -0.508 e. The highest BCUT2D eigenvalue weighted by Crippen LogP contribution is 2.42. The molecule has 42 heavy (non-hydrogen) atoms. The van der Waals surface area contributed by atoms with E-state index in [2.05, 4.69) is 40.1 Å². The number of phenols is 1. The Morgan fingerprint density at radius 3 is 2.62 bits per heavy atom. The van der Waals surface area contributed by atoms with Gasteiger partial charge in [0.25, 0.3) is 0 Å². The molecule has 7 nitrogen and oxygen atoms in total. The van der Waals surface area contributed by atoms with Crippen LogP contribution >= 0.6 is 11.3 Å². The molecule has 0 amide bonds. The summed E-state index contributed by atoms with van der Waals surface area (Å²) < 4.78 is 18.5. The van der Waals surface area contributed by atoms with Crippen molar-refractivity contribution in [1.29, 1.82) is 0 Å². The lowest BCUT2D eigenvalue weighted by atomic mass is 9.97. The number of rotatable bonds is 11. The fourth-order valence-corrected chi connectivity index (χ4v) is 7.42. The average Bonchev–Trinajstić information content (AvgIpc) is 3.62. The zero-order valence-electron chi connectivity index (χ0n) is 24.3. The van der Waals surface area contributed by atoms with Gasteiger partial charge in [-0.25, -0.2) is 0 Å². The molecule has 1 unspecified atom stereocenters. The molecular weight excluding hydrogens is 548 g/mol. The maximum Gasteiger partial charge on any atom is 0.123 e. The lowest BCUT2D eigenvalue weighted by molar-refractivity contribution is 0.0339. The molecule has 0 spiro atoms. The molecule has 0 bridgehead atoms. The third-order valence-electron chi connectivity index (χ3n) is 8.48. The topological polar surface area (TPSA) is 74.6 Å². The van der Waals surface area contributed by atoms with Crippen LogP contribution in [0.15, 0.2) is 60.7 Å². The molecule has 2 saturated heterocycles. The molecular formula is C34H40N2O5S. The molecule has 3 aromatic carbocycles. The number of ether oxygens (including phenoxy) is 3. The van der Waals surface area contributed by atoms with Crippen LogP contribution in [0.25, 0.3) is 20.5 Å². The molecule has 0 saturated carbocycles. The van der Waals surface area contributed by atoms with Gasteiger partial charge in [-0.3, -0.25) is 9.80 Å². The van der Waals surface area contributed by atoms with Crippen molar-refractivity contribution in [1.82, 2.24) is 9.80 Å². The maximum absolute atomic E-state index is 10.2. The molecule has 3 heterocycles. The fraction of sp³-hybridized carbons (Fsp3) is 0.412. The summed E-state index contributed by atoms with van der Waals surface area (Å²) in [4.78, 5) is 5.92. The van der Waals surface area contributed by atoms with Crippen LogP contribution in [0.3, 0.4) is 0 Å². The normalized spacial score (nSPS) is 18.1. The van der Waals surface area contributed by atoms with Gasteiger partial charge in [-0.1, -0.05) is 12.1 Å². The number of hydrogen-bond acceptors (Lipinski definition) is 8. The van der Waals surface area contributed by atoms with Gasteiger partial charge in [0, 0.05) is 47.4 Å². The van der Waals surface area contributed by atoms with Crippen LogP contribution in [0.1, 0.15) is 29.5 Å². The number of benzene rings is 3. The second kappa shape index (κ2) is 13.4. The highest BCUT2D eigenvalue weighted by atomic mass is 32.1. The highest BCUT2D eigenvalue weighted by Gasteiger charge is 2.23. The summed E-state index contributed by atoms with van der Waals surface area (Å²) in [5, 5.41) is 20.9. The van der Waals surface area contributed by atoms with Gasteiger partial charge in [-0.05, 0) is 96.4 Å². The largest absolute Gasteiger partial charge is 0.508 e. The van der Waals surface area contributed by atoms with Gasteiger partial charge >= 0.3 is 0 Å². The summed E-state index contributed by atoms with van der Waals surface area (Å²) >= 11 is 1.71. The van der Waals surface area contributed by atoms with Crippen molar-refractivity contribution in [2.24, 2.45) is 0 Å². The van der Waals surface area contributed by atoms with Gasteiger partial charge in [0.1, 0.15) is 23.9 Å². The molecule has 0 radical (unpaired) electrons. The summed E-state index contributed by atoms with van der Waals surface area (Å²) in [6.07, 6.45) is 2.96. The average molecular weight is 589 g/mol. The van der Waals surface area contributed by atoms with E-state index in [0.29, 0.717) is 6.61 Å². The quantitative estimate of drug-likeness (QED) is 0.238. The number of methoxy groups -OCH3 is 1. The van der Waals surface area contributed by atoms with E-state index in [1.165, 1.54) is 21.6 Å². The predicted octanol–water partition coefficient (Wildman–Crippen LogP) is 5.54. The Bertz CT molecular complexity index is 1480. The van der Waals surface area contributed by atoms with Crippen LogP contribution in [0.4, 0.5) is 0 Å². The number of fused-ring (bicyclic) bond motifs is 1. The van der Waals surface area contributed by atoms with E-state index in [1.807, 2.05) is 24.3 Å². The number of hydrogen-bond donors (Lipinski definition) is 2. The molecule has 1 aromatic heterocycles. The molecule has 222 valence electrons. The third kappa shape index (κ3) is 6.58. The highest BCUT2D eigenvalue weighted by molar-refractivity contribution is 7.22. The molecule has 1 atom stereocenters. The van der Waals surface area contributed by atoms with Crippen LogP contribution < -0.4 is 9.47 Å². The lowest BCUT2D eigenvalue weighted by Crippen LogP contribution is -2.35. The summed E-state index contributed by atoms with van der Waals surface area (Å²) in [5.74, 6) is 2.04. The minimum absolute atomic E-state index is 0.218. The lowest BCUT2D eigenvalue weighted by Gasteiger charge is -2.27. The monoisotopic (exact) mass is 588 g/mol. The number of aromatic hydroxyl groups is 1. The minimum atomic E-state index is 0.218. The summed E-state index contributed by atoms with van der Waals surface area (Å²) in [7, 11) is 1.75. The van der Waals surface area contributed by atoms with Crippen molar-refractivity contribution >= 4 is 21.4 Å². The number of aliphatic hydroxyl groups is 1. The predicted molar refractivity (Wildman–Crippen MR) is 168 cm³/mol. The smallest absolute Gasteiger partial charge is 0.123 e. The molecule has 2 aliphatic heterocycles. The molecule has 2 fully saturated rings. The second-order valence-electron chi connectivity index (χ2n) is 11.2. The van der Waals surface area contributed by atoms with Gasteiger partial charge in [-0.2, -0.15) is 0 Å². The molecule has 2 aliphatic rings. The Labute approximate surface area is 251 Å². The Morgan fingerprint density at radius 2 is 1.83 bits per heavy atom. The van der Waals surface area contributed by atoms with E-state index in [-0.39, 0.29) is 18.4 Å². The first-order valence-corrected chi connectivity index (χ1v) is 15.7. The second-order valence-corrected chi connectivity index (χ2v) is 12.2. The van der Waals surface area contributed by atoms with E-state index < -0.39 is 0 Å². The van der Waals surface area contributed by atoms with E-state index in [4.69, 9.17) is 14.2 Å². The van der Waals surface area contributed by atoms with Gasteiger partial charge in [-0.15, -0.1) is 11.3 Å². The third-order valence-corrected chi connectivity index (χ3v) is 9.72. The zero-order valence-corrected chi connectivity index (χ0v) is 25.1. The molecule has 6 rings (SSSR count). The Kier molecular flexibility index (Phi) is 9.27. The molecule has 2 N–H and O–H groups in total. The van der Waals surface area contributed by atoms with E-state index >= 15 is 0 Å². The SMILES string of the molecule is COc1cc(Cc2c(-c3ccc(OCCN4CCCC4CO)cc3)sc3cc(O)ccc23)ccc1CN1CCOCC1. The van der Waals surface area contributed by atoms with Crippen molar-refractivity contribution in [2.45, 2.75) is 31.8 Å². The van der Waals surface area contributed by atoms with Crippen molar-refractivity contribution in [3.63, 3.8) is 0 Å². The van der Waals surface area contributed by atoms with Crippen molar-refractivity contribution in [3.05, 3.63) is 77.4 Å². The number of aliphatic hydroxyl groups excluding tert-OH is 1. The van der Waals surface area contributed by atoms with Crippen LogP contribution in [-0.4, -0.2) is 85.8 Å². The van der Waals surface area contributed by atoms with Gasteiger partial charge in [0.15, 0.2) is 0 Å². The fourth-order valence-electron chi connectivity index (χ4n) is 6.16. The number of nitrogens with zero attached hydrogens (tertiary/aromatic N) is 2. The van der Waals surface area contributed by atoms with Gasteiger partial charge in [0.2, 0.25) is 0 Å².